The van der Waals surface area contributed by atoms with E-state index in [0.717, 1.165) is 5.69 Å². The molecule has 1 atom stereocenters. The van der Waals surface area contributed by atoms with Gasteiger partial charge in [-0.2, -0.15) is 13.2 Å². The quantitative estimate of drug-likeness (QED) is 0.249. The molecule has 0 aromatic heterocycles. The summed E-state index contributed by atoms with van der Waals surface area (Å²) in [7, 11) is 1.64. The number of nitro groups is 1. The zero-order valence-corrected chi connectivity index (χ0v) is 15.9. The molecule has 0 amide bonds. The first-order chi connectivity index (χ1) is 13.2. The minimum Gasteiger partial charge on any atom is -0.383 e. The third kappa shape index (κ3) is 5.98. The summed E-state index contributed by atoms with van der Waals surface area (Å²) in [5, 5.41) is 17.0. The zero-order chi connectivity index (χ0) is 20.7. The summed E-state index contributed by atoms with van der Waals surface area (Å²) in [6.07, 6.45) is -4.22. The second kappa shape index (κ2) is 9.58. The normalized spacial score (nSPS) is 17.3. The number of piperazine rings is 1. The van der Waals surface area contributed by atoms with E-state index in [0.29, 0.717) is 45.2 Å². The van der Waals surface area contributed by atoms with Gasteiger partial charge in [-0.1, -0.05) is 0 Å². The fraction of sp³-hybridized carbons (Fsp3) is 0.588. The summed E-state index contributed by atoms with van der Waals surface area (Å²) in [6, 6.07) is 4.67. The molecule has 0 saturated carbocycles. The fourth-order valence-corrected chi connectivity index (χ4v) is 2.94. The Morgan fingerprint density at radius 1 is 1.21 bits per heavy atom. The van der Waals surface area contributed by atoms with E-state index in [9.17, 15) is 23.3 Å². The van der Waals surface area contributed by atoms with Gasteiger partial charge in [0.15, 0.2) is 5.96 Å². The van der Waals surface area contributed by atoms with Crippen molar-refractivity contribution in [3.8, 4) is 0 Å². The van der Waals surface area contributed by atoms with E-state index in [-0.39, 0.29) is 5.69 Å². The van der Waals surface area contributed by atoms with Crippen LogP contribution in [0.25, 0.3) is 0 Å². The van der Waals surface area contributed by atoms with Gasteiger partial charge in [-0.3, -0.25) is 20.0 Å². The predicted molar refractivity (Wildman–Crippen MR) is 102 cm³/mol. The monoisotopic (exact) mass is 402 g/mol. The van der Waals surface area contributed by atoms with Crippen LogP contribution in [-0.4, -0.2) is 79.2 Å². The maximum absolute atomic E-state index is 12.8. The van der Waals surface area contributed by atoms with E-state index >= 15 is 0 Å². The van der Waals surface area contributed by atoms with E-state index in [1.54, 1.807) is 19.2 Å². The second-order valence-corrected chi connectivity index (χ2v) is 6.45. The van der Waals surface area contributed by atoms with Crippen molar-refractivity contribution >= 4 is 17.3 Å². The predicted octanol–water partition coefficient (Wildman–Crippen LogP) is 2.15. The van der Waals surface area contributed by atoms with Crippen LogP contribution in [0, 0.1) is 10.1 Å². The first-order valence-corrected chi connectivity index (χ1v) is 8.97. The fourth-order valence-electron chi connectivity index (χ4n) is 2.94. The van der Waals surface area contributed by atoms with Gasteiger partial charge < -0.3 is 15.5 Å². The highest BCUT2D eigenvalue weighted by Crippen LogP contribution is 2.25. The molecule has 0 aliphatic carbocycles. The van der Waals surface area contributed by atoms with Crippen molar-refractivity contribution in [2.24, 2.45) is 4.99 Å². The first-order valence-electron chi connectivity index (χ1n) is 8.97. The van der Waals surface area contributed by atoms with Crippen LogP contribution >= 0.6 is 0 Å². The molecule has 1 aliphatic heterocycles. The van der Waals surface area contributed by atoms with Crippen molar-refractivity contribution in [2.75, 3.05) is 51.6 Å². The number of hydrogen-bond acceptors (Lipinski definition) is 5. The highest BCUT2D eigenvalue weighted by atomic mass is 19.4. The summed E-state index contributed by atoms with van der Waals surface area (Å²) >= 11 is 0. The van der Waals surface area contributed by atoms with E-state index in [1.165, 1.54) is 24.0 Å². The molecule has 1 heterocycles. The summed E-state index contributed by atoms with van der Waals surface area (Å²) < 4.78 is 38.5. The molecule has 1 fully saturated rings. The van der Waals surface area contributed by atoms with Gasteiger partial charge >= 0.3 is 6.18 Å². The Bertz CT molecular complexity index is 672. The van der Waals surface area contributed by atoms with Crippen molar-refractivity contribution in [3.05, 3.63) is 34.4 Å². The minimum absolute atomic E-state index is 0.0306. The summed E-state index contributed by atoms with van der Waals surface area (Å²) in [4.78, 5) is 17.7. The summed E-state index contributed by atoms with van der Waals surface area (Å²) in [6.45, 7) is 3.87. The van der Waals surface area contributed by atoms with Gasteiger partial charge in [0.2, 0.25) is 0 Å². The van der Waals surface area contributed by atoms with Crippen molar-refractivity contribution < 1.29 is 18.1 Å². The van der Waals surface area contributed by atoms with Crippen LogP contribution in [0.4, 0.5) is 24.5 Å². The van der Waals surface area contributed by atoms with Gasteiger partial charge in [0.1, 0.15) is 6.04 Å². The molecule has 0 spiro atoms. The number of non-ortho nitro benzene ring substituents is 1. The zero-order valence-electron chi connectivity index (χ0n) is 15.9. The molecule has 2 rings (SSSR count). The highest BCUT2D eigenvalue weighted by Gasteiger charge is 2.41. The van der Waals surface area contributed by atoms with E-state index in [2.05, 4.69) is 15.6 Å². The first kappa shape index (κ1) is 21.7. The van der Waals surface area contributed by atoms with Crippen LogP contribution in [0.5, 0.6) is 0 Å². The molecule has 0 radical (unpaired) electrons. The summed E-state index contributed by atoms with van der Waals surface area (Å²) in [5.41, 5.74) is 0.792. The number of nitro benzene ring substituents is 1. The van der Waals surface area contributed by atoms with Gasteiger partial charge in [0.25, 0.3) is 5.69 Å². The number of anilines is 1. The number of halogens is 3. The molecule has 1 aliphatic rings. The van der Waals surface area contributed by atoms with Gasteiger partial charge in [0.05, 0.1) is 4.92 Å². The number of benzene rings is 1. The van der Waals surface area contributed by atoms with Crippen molar-refractivity contribution in [1.82, 2.24) is 15.1 Å². The third-order valence-corrected chi connectivity index (χ3v) is 4.66. The van der Waals surface area contributed by atoms with Crippen LogP contribution in [0.15, 0.2) is 29.3 Å². The number of guanidine groups is 1. The van der Waals surface area contributed by atoms with Crippen molar-refractivity contribution in [3.63, 3.8) is 0 Å². The number of hydrogen-bond donors (Lipinski definition) is 2. The van der Waals surface area contributed by atoms with Crippen LogP contribution in [0.3, 0.4) is 0 Å². The maximum Gasteiger partial charge on any atom is 0.403 e. The van der Waals surface area contributed by atoms with Gasteiger partial charge in [-0.05, 0) is 19.1 Å². The molecule has 11 heteroatoms. The molecule has 156 valence electrons. The number of aliphatic imine (C=N–C) groups is 1. The Morgan fingerprint density at radius 3 is 2.32 bits per heavy atom. The SMILES string of the molecule is CN=C(NCCNc1ccc([N+](=O)[O-])cc1)N1CCN(C(C)C(F)(F)F)CC1. The largest absolute Gasteiger partial charge is 0.403 e. The van der Waals surface area contributed by atoms with Crippen molar-refractivity contribution in [1.29, 1.82) is 0 Å². The lowest BCUT2D eigenvalue weighted by molar-refractivity contribution is -0.384. The molecule has 8 nitrogen and oxygen atoms in total. The van der Waals surface area contributed by atoms with E-state index in [4.69, 9.17) is 0 Å². The Balaban J connectivity index is 1.74. The lowest BCUT2D eigenvalue weighted by atomic mass is 10.2. The Labute approximate surface area is 161 Å². The standard InChI is InChI=1S/C17H25F3N6O2/c1-13(17(18,19)20)24-9-11-25(12-10-24)16(21-2)23-8-7-22-14-3-5-15(6-4-14)26(27)28/h3-6,13,22H,7-12H2,1-2H3,(H,21,23). The van der Waals surface area contributed by atoms with Crippen molar-refractivity contribution in [2.45, 2.75) is 19.1 Å². The van der Waals surface area contributed by atoms with Crippen LogP contribution in [0.1, 0.15) is 6.92 Å². The molecule has 0 bridgehead atoms. The molecule has 1 aromatic carbocycles. The van der Waals surface area contributed by atoms with E-state index < -0.39 is 17.1 Å². The lowest BCUT2D eigenvalue weighted by Gasteiger charge is -2.39. The maximum atomic E-state index is 12.8. The van der Waals surface area contributed by atoms with Gasteiger partial charge in [0, 0.05) is 64.1 Å². The highest BCUT2D eigenvalue weighted by molar-refractivity contribution is 5.80. The van der Waals surface area contributed by atoms with Crippen LogP contribution in [0.2, 0.25) is 0 Å². The summed E-state index contributed by atoms with van der Waals surface area (Å²) in [5.74, 6) is 0.643. The smallest absolute Gasteiger partial charge is 0.383 e. The minimum atomic E-state index is -4.22. The third-order valence-electron chi connectivity index (χ3n) is 4.66. The number of alkyl halides is 3. The molecule has 1 aromatic rings. The van der Waals surface area contributed by atoms with Gasteiger partial charge in [-0.15, -0.1) is 0 Å². The molecular formula is C17H25F3N6O2. The molecule has 1 saturated heterocycles. The Hall–Kier alpha value is -2.56. The number of nitrogens with zero attached hydrogens (tertiary/aromatic N) is 4. The number of rotatable bonds is 6. The van der Waals surface area contributed by atoms with E-state index in [1.807, 2.05) is 4.90 Å². The second-order valence-electron chi connectivity index (χ2n) is 6.45. The average molecular weight is 402 g/mol. The Morgan fingerprint density at radius 2 is 1.82 bits per heavy atom. The molecule has 2 N–H and O–H groups in total. The Kier molecular flexibility index (Phi) is 7.44. The average Bonchev–Trinajstić information content (AvgIpc) is 2.67. The number of nitrogens with one attached hydrogen (secondary N) is 2. The molecular weight excluding hydrogens is 377 g/mol. The molecule has 1 unspecified atom stereocenters. The topological polar surface area (TPSA) is 86.0 Å². The lowest BCUT2D eigenvalue weighted by Crippen LogP contribution is -2.57. The molecule has 28 heavy (non-hydrogen) atoms. The van der Waals surface area contributed by atoms with Crippen LogP contribution < -0.4 is 10.6 Å². The van der Waals surface area contributed by atoms with Crippen LogP contribution in [-0.2, 0) is 0 Å². The van der Waals surface area contributed by atoms with Gasteiger partial charge in [-0.25, -0.2) is 0 Å².